The van der Waals surface area contributed by atoms with Gasteiger partial charge < -0.3 is 31.0 Å². The number of ether oxygens (including phenoxy) is 3. The lowest BCUT2D eigenvalue weighted by atomic mass is 9.54. The number of fused-ring (bicyclic) bond motifs is 2. The summed E-state index contributed by atoms with van der Waals surface area (Å²) in [4.78, 5) is 13.0. The van der Waals surface area contributed by atoms with E-state index in [1.807, 2.05) is 0 Å². The number of hydrogen-bond acceptors (Lipinski definition) is 6. The lowest BCUT2D eigenvalue weighted by molar-refractivity contribution is -0.136. The molecule has 3 fully saturated rings. The first-order chi connectivity index (χ1) is 24.1. The molecule has 294 valence electrons. The number of nitrogens with two attached hydrogens (primary N) is 2. The smallest absolute Gasteiger partial charge is 0.220 e. The van der Waals surface area contributed by atoms with Crippen LogP contribution in [0.1, 0.15) is 170 Å². The van der Waals surface area contributed by atoms with Crippen molar-refractivity contribution in [2.75, 3.05) is 39.5 Å². The number of hydrogen-bond donors (Lipinski definition) is 3. The first-order valence-corrected chi connectivity index (χ1v) is 21.6. The molecular weight excluding hydrogens is 622 g/mol. The second-order valence-corrected chi connectivity index (χ2v) is 17.4. The summed E-state index contributed by atoms with van der Waals surface area (Å²) in [7, 11) is 0. The highest BCUT2D eigenvalue weighted by molar-refractivity contribution is 5.75. The van der Waals surface area contributed by atoms with Crippen LogP contribution in [0.2, 0.25) is 0 Å². The average molecular weight is 706 g/mol. The third-order valence-corrected chi connectivity index (χ3v) is 14.1. The predicted octanol–water partition coefficient (Wildman–Crippen LogP) is 9.19. The van der Waals surface area contributed by atoms with Crippen molar-refractivity contribution in [1.29, 1.82) is 0 Å². The third kappa shape index (κ3) is 12.7. The topological polar surface area (TPSA) is 109 Å². The Morgan fingerprint density at radius 3 is 2.10 bits per heavy atom. The standard InChI is InChI=1S/C43H83N3O4/c1-7-9-11-12-13-14-25-46-41(47)20-17-33(3)39-19-18-35-30-38(49-26-10-8-2)32-36-31-37(48-27-15-23-44)21-22-42(36,5)34(4)29-40(43(35,39)6)50-28-16-24-45/h33-40H,7-32,44-45H2,1-6H3,(H,46,47)/t33-,34-,35+,36?,37-,38+,39-,40+,42-,43+/m1/s1. The second-order valence-electron chi connectivity index (χ2n) is 17.4. The van der Waals surface area contributed by atoms with Crippen molar-refractivity contribution in [3.8, 4) is 0 Å². The van der Waals surface area contributed by atoms with E-state index in [-0.39, 0.29) is 28.9 Å². The Kier molecular flexibility index (Phi) is 20.2. The summed E-state index contributed by atoms with van der Waals surface area (Å²) < 4.78 is 20.4. The molecule has 3 saturated carbocycles. The largest absolute Gasteiger partial charge is 0.378 e. The zero-order chi connectivity index (χ0) is 36.4. The zero-order valence-corrected chi connectivity index (χ0v) is 33.8. The normalized spacial score (nSPS) is 33.8. The number of carbonyl (C=O) groups is 1. The molecule has 1 amide bonds. The van der Waals surface area contributed by atoms with Crippen molar-refractivity contribution >= 4 is 5.91 Å². The molecule has 0 spiro atoms. The summed E-state index contributed by atoms with van der Waals surface area (Å²) >= 11 is 0. The second kappa shape index (κ2) is 23.1. The van der Waals surface area contributed by atoms with E-state index in [4.69, 9.17) is 25.7 Å². The van der Waals surface area contributed by atoms with Crippen LogP contribution in [0.25, 0.3) is 0 Å². The average Bonchev–Trinajstić information content (AvgIpc) is 3.43. The van der Waals surface area contributed by atoms with Crippen LogP contribution in [-0.4, -0.2) is 63.7 Å². The van der Waals surface area contributed by atoms with Crippen molar-refractivity contribution in [3.05, 3.63) is 0 Å². The van der Waals surface area contributed by atoms with Gasteiger partial charge in [0.05, 0.1) is 18.3 Å². The summed E-state index contributed by atoms with van der Waals surface area (Å²) in [6, 6.07) is 0. The number of amides is 1. The highest BCUT2D eigenvalue weighted by atomic mass is 16.5. The van der Waals surface area contributed by atoms with Gasteiger partial charge in [-0.25, -0.2) is 0 Å². The number of rotatable bonds is 23. The fourth-order valence-corrected chi connectivity index (χ4v) is 10.4. The Labute approximate surface area is 309 Å². The van der Waals surface area contributed by atoms with Crippen LogP contribution in [-0.2, 0) is 19.0 Å². The minimum absolute atomic E-state index is 0.0370. The molecule has 5 N–H and O–H groups in total. The van der Waals surface area contributed by atoms with Gasteiger partial charge in [0.2, 0.25) is 5.91 Å². The van der Waals surface area contributed by atoms with E-state index >= 15 is 0 Å². The fraction of sp³-hybridized carbons (Fsp3) is 0.977. The molecule has 0 radical (unpaired) electrons. The SMILES string of the molecule is CCCCCCCCNC(=O)CC[C@@H](C)[C@H]1CC[C@H]2C[C@H](OCCCC)CC3C[C@H](OCCCN)CC[C@]3(C)[C@H](C)C[C@H](OCCCN)[C@@]21C. The molecule has 3 rings (SSSR count). The van der Waals surface area contributed by atoms with Crippen LogP contribution in [0.4, 0.5) is 0 Å². The third-order valence-electron chi connectivity index (χ3n) is 14.1. The Balaban J connectivity index is 1.80. The Bertz CT molecular complexity index is 921. The molecule has 50 heavy (non-hydrogen) atoms. The minimum atomic E-state index is 0.0370. The molecule has 0 aromatic carbocycles. The van der Waals surface area contributed by atoms with Crippen LogP contribution in [0.3, 0.4) is 0 Å². The van der Waals surface area contributed by atoms with Gasteiger partial charge in [0.1, 0.15) is 0 Å². The molecule has 3 aliphatic carbocycles. The van der Waals surface area contributed by atoms with Gasteiger partial charge in [-0.2, -0.15) is 0 Å². The van der Waals surface area contributed by atoms with E-state index in [0.29, 0.717) is 55.2 Å². The molecule has 0 aromatic heterocycles. The molecule has 0 heterocycles. The Morgan fingerprint density at radius 1 is 0.760 bits per heavy atom. The van der Waals surface area contributed by atoms with Gasteiger partial charge >= 0.3 is 0 Å². The molecule has 0 saturated heterocycles. The van der Waals surface area contributed by atoms with Crippen molar-refractivity contribution in [1.82, 2.24) is 5.32 Å². The maximum absolute atomic E-state index is 13.0. The van der Waals surface area contributed by atoms with E-state index in [1.165, 1.54) is 51.4 Å². The number of unbranched alkanes of at least 4 members (excludes halogenated alkanes) is 6. The van der Waals surface area contributed by atoms with Crippen LogP contribution in [0.15, 0.2) is 0 Å². The van der Waals surface area contributed by atoms with Crippen molar-refractivity contribution in [3.63, 3.8) is 0 Å². The molecule has 0 aliphatic heterocycles. The molecule has 10 atom stereocenters. The van der Waals surface area contributed by atoms with Gasteiger partial charge in [-0.05, 0) is 137 Å². The fourth-order valence-electron chi connectivity index (χ4n) is 10.4. The first-order valence-electron chi connectivity index (χ1n) is 21.6. The van der Waals surface area contributed by atoms with Crippen molar-refractivity contribution in [2.45, 2.75) is 188 Å². The summed E-state index contributed by atoms with van der Waals surface area (Å²) in [6.07, 6.45) is 23.2. The minimum Gasteiger partial charge on any atom is -0.378 e. The first kappa shape index (κ1) is 43.7. The lowest BCUT2D eigenvalue weighted by Crippen LogP contribution is -2.51. The summed E-state index contributed by atoms with van der Waals surface area (Å²) in [5, 5.41) is 3.24. The molecule has 1 unspecified atom stereocenters. The Morgan fingerprint density at radius 2 is 1.38 bits per heavy atom. The van der Waals surface area contributed by atoms with Crippen molar-refractivity contribution in [2.24, 2.45) is 51.9 Å². The summed E-state index contributed by atoms with van der Waals surface area (Å²) in [5.41, 5.74) is 12.1. The summed E-state index contributed by atoms with van der Waals surface area (Å²) in [6.45, 7) is 19.2. The highest BCUT2D eigenvalue weighted by Gasteiger charge is 2.56. The van der Waals surface area contributed by atoms with Crippen LogP contribution in [0, 0.1) is 40.4 Å². The van der Waals surface area contributed by atoms with Gasteiger partial charge in [0.15, 0.2) is 0 Å². The molecule has 0 bridgehead atoms. The van der Waals surface area contributed by atoms with E-state index in [9.17, 15) is 4.79 Å². The molecule has 3 aliphatic rings. The highest BCUT2D eigenvalue weighted by Crippen LogP contribution is 2.60. The van der Waals surface area contributed by atoms with Gasteiger partial charge in [0, 0.05) is 32.8 Å². The van der Waals surface area contributed by atoms with Gasteiger partial charge in [0.25, 0.3) is 0 Å². The van der Waals surface area contributed by atoms with Gasteiger partial charge in [-0.3, -0.25) is 4.79 Å². The monoisotopic (exact) mass is 706 g/mol. The van der Waals surface area contributed by atoms with E-state index < -0.39 is 0 Å². The molecule has 7 nitrogen and oxygen atoms in total. The van der Waals surface area contributed by atoms with Crippen molar-refractivity contribution < 1.29 is 19.0 Å². The summed E-state index contributed by atoms with van der Waals surface area (Å²) in [5.74, 6) is 2.86. The maximum Gasteiger partial charge on any atom is 0.220 e. The molecule has 0 aromatic rings. The predicted molar refractivity (Wildman–Crippen MR) is 209 cm³/mol. The number of carbonyl (C=O) groups excluding carboxylic acids is 1. The van der Waals surface area contributed by atoms with Gasteiger partial charge in [-0.1, -0.05) is 80.1 Å². The number of nitrogens with one attached hydrogen (secondary N) is 1. The van der Waals surface area contributed by atoms with Gasteiger partial charge in [-0.15, -0.1) is 0 Å². The molecule has 7 heteroatoms. The maximum atomic E-state index is 13.0. The molecular formula is C43H83N3O4. The quantitative estimate of drug-likeness (QED) is 0.0915. The zero-order valence-electron chi connectivity index (χ0n) is 33.8. The van der Waals surface area contributed by atoms with E-state index in [2.05, 4.69) is 46.9 Å². The van der Waals surface area contributed by atoms with Crippen LogP contribution in [0.5, 0.6) is 0 Å². The van der Waals surface area contributed by atoms with E-state index in [0.717, 1.165) is 97.0 Å². The van der Waals surface area contributed by atoms with E-state index in [1.54, 1.807) is 0 Å². The Hall–Kier alpha value is -0.730. The lowest BCUT2D eigenvalue weighted by Gasteiger charge is -2.54. The van der Waals surface area contributed by atoms with Crippen LogP contribution >= 0.6 is 0 Å². The van der Waals surface area contributed by atoms with Crippen LogP contribution < -0.4 is 16.8 Å².